The van der Waals surface area contributed by atoms with Gasteiger partial charge >= 0.3 is 0 Å². The van der Waals surface area contributed by atoms with Crippen LogP contribution >= 0.6 is 0 Å². The highest BCUT2D eigenvalue weighted by molar-refractivity contribution is 5.67. The zero-order chi connectivity index (χ0) is 13.9. The minimum atomic E-state index is -0.0891. The Morgan fingerprint density at radius 2 is 1.95 bits per heavy atom. The highest BCUT2D eigenvalue weighted by atomic mass is 16.7. The van der Waals surface area contributed by atoms with E-state index >= 15 is 0 Å². The van der Waals surface area contributed by atoms with Crippen molar-refractivity contribution in [2.45, 2.75) is 33.0 Å². The molecule has 0 saturated heterocycles. The Morgan fingerprint density at radius 3 is 2.70 bits per heavy atom. The van der Waals surface area contributed by atoms with E-state index < -0.39 is 0 Å². The second-order valence-corrected chi connectivity index (χ2v) is 5.19. The number of ether oxygens (including phenoxy) is 2. The van der Waals surface area contributed by atoms with Gasteiger partial charge in [0.1, 0.15) is 5.75 Å². The van der Waals surface area contributed by atoms with Gasteiger partial charge in [-0.15, -0.1) is 0 Å². The van der Waals surface area contributed by atoms with Crippen molar-refractivity contribution in [3.8, 4) is 16.9 Å². The lowest BCUT2D eigenvalue weighted by molar-refractivity contribution is -0.0864. The molecule has 1 aliphatic heterocycles. The van der Waals surface area contributed by atoms with Gasteiger partial charge in [-0.1, -0.05) is 30.3 Å². The van der Waals surface area contributed by atoms with E-state index in [-0.39, 0.29) is 6.29 Å². The van der Waals surface area contributed by atoms with Gasteiger partial charge in [0, 0.05) is 13.0 Å². The van der Waals surface area contributed by atoms with Crippen molar-refractivity contribution in [2.24, 2.45) is 0 Å². The summed E-state index contributed by atoms with van der Waals surface area (Å²) in [5.74, 6) is 1.01. The summed E-state index contributed by atoms with van der Waals surface area (Å²) in [5.41, 5.74) is 5.00. The van der Waals surface area contributed by atoms with E-state index in [0.29, 0.717) is 6.61 Å². The molecule has 0 amide bonds. The molecule has 1 heterocycles. The van der Waals surface area contributed by atoms with Crippen molar-refractivity contribution in [3.63, 3.8) is 0 Å². The first-order valence-electron chi connectivity index (χ1n) is 7.25. The van der Waals surface area contributed by atoms with Gasteiger partial charge in [0.25, 0.3) is 0 Å². The lowest BCUT2D eigenvalue weighted by atomic mass is 9.95. The Kier molecular flexibility index (Phi) is 3.75. The van der Waals surface area contributed by atoms with Crippen LogP contribution in [0.15, 0.2) is 42.5 Å². The molecule has 0 bridgehead atoms. The summed E-state index contributed by atoms with van der Waals surface area (Å²) >= 11 is 0. The molecule has 0 aliphatic carbocycles. The zero-order valence-corrected chi connectivity index (χ0v) is 12.1. The molecule has 0 N–H and O–H groups in total. The quantitative estimate of drug-likeness (QED) is 0.824. The van der Waals surface area contributed by atoms with Gasteiger partial charge in [0.2, 0.25) is 0 Å². The van der Waals surface area contributed by atoms with Gasteiger partial charge in [-0.3, -0.25) is 0 Å². The van der Waals surface area contributed by atoms with Crippen molar-refractivity contribution >= 4 is 0 Å². The molecule has 3 rings (SSSR count). The van der Waals surface area contributed by atoms with E-state index in [1.165, 1.54) is 22.3 Å². The predicted molar refractivity (Wildman–Crippen MR) is 81.0 cm³/mol. The minimum absolute atomic E-state index is 0.0891. The molecule has 0 radical (unpaired) electrons. The molecular formula is C18H20O2. The van der Waals surface area contributed by atoms with Crippen LogP contribution in [0.1, 0.15) is 24.5 Å². The summed E-state index contributed by atoms with van der Waals surface area (Å²) in [7, 11) is 0. The largest absolute Gasteiger partial charge is 0.464 e. The summed E-state index contributed by atoms with van der Waals surface area (Å²) < 4.78 is 11.6. The number of hydrogen-bond acceptors (Lipinski definition) is 2. The summed E-state index contributed by atoms with van der Waals surface area (Å²) in [5, 5.41) is 0. The first-order valence-corrected chi connectivity index (χ1v) is 7.25. The van der Waals surface area contributed by atoms with Gasteiger partial charge in [-0.2, -0.15) is 0 Å². The molecule has 0 fully saturated rings. The monoisotopic (exact) mass is 268 g/mol. The third-order valence-electron chi connectivity index (χ3n) is 3.71. The Morgan fingerprint density at radius 1 is 1.15 bits per heavy atom. The Labute approximate surface area is 120 Å². The average Bonchev–Trinajstić information content (AvgIpc) is 2.49. The number of fused-ring (bicyclic) bond motifs is 1. The molecule has 20 heavy (non-hydrogen) atoms. The number of rotatable bonds is 3. The zero-order valence-electron chi connectivity index (χ0n) is 12.1. The van der Waals surface area contributed by atoms with Crippen molar-refractivity contribution < 1.29 is 9.47 Å². The Hall–Kier alpha value is -1.80. The van der Waals surface area contributed by atoms with Gasteiger partial charge < -0.3 is 9.47 Å². The minimum Gasteiger partial charge on any atom is -0.464 e. The highest BCUT2D eigenvalue weighted by Crippen LogP contribution is 2.35. The van der Waals surface area contributed by atoms with Crippen molar-refractivity contribution in [2.75, 3.05) is 6.61 Å². The SMILES string of the molecule is CCOC1CCc2cc(-c3ccccc3)cc(C)c2O1. The molecule has 2 nitrogen and oxygen atoms in total. The van der Waals surface area contributed by atoms with E-state index in [1.54, 1.807) is 0 Å². The number of aryl methyl sites for hydroxylation is 2. The van der Waals surface area contributed by atoms with Crippen LogP contribution in [-0.4, -0.2) is 12.9 Å². The standard InChI is InChI=1S/C18H20O2/c1-3-19-17-10-9-15-12-16(11-13(2)18(15)20-17)14-7-5-4-6-8-14/h4-8,11-12,17H,3,9-10H2,1-2H3. The summed E-state index contributed by atoms with van der Waals surface area (Å²) in [6.07, 6.45) is 1.86. The van der Waals surface area contributed by atoms with E-state index in [2.05, 4.69) is 43.3 Å². The summed E-state index contributed by atoms with van der Waals surface area (Å²) in [4.78, 5) is 0. The normalized spacial score (nSPS) is 17.4. The molecule has 1 aliphatic rings. The van der Waals surface area contributed by atoms with Crippen LogP contribution in [0, 0.1) is 6.92 Å². The maximum Gasteiger partial charge on any atom is 0.200 e. The van der Waals surface area contributed by atoms with Crippen molar-refractivity contribution in [3.05, 3.63) is 53.6 Å². The first kappa shape index (κ1) is 13.2. The fourth-order valence-corrected chi connectivity index (χ4v) is 2.77. The van der Waals surface area contributed by atoms with Gasteiger partial charge in [-0.25, -0.2) is 0 Å². The van der Waals surface area contributed by atoms with E-state index in [4.69, 9.17) is 9.47 Å². The molecule has 2 heteroatoms. The van der Waals surface area contributed by atoms with E-state index in [9.17, 15) is 0 Å². The molecule has 0 spiro atoms. The second-order valence-electron chi connectivity index (χ2n) is 5.19. The van der Waals surface area contributed by atoms with Gasteiger partial charge in [0.15, 0.2) is 6.29 Å². The molecule has 0 saturated carbocycles. The molecule has 1 unspecified atom stereocenters. The molecule has 2 aromatic rings. The fourth-order valence-electron chi connectivity index (χ4n) is 2.77. The summed E-state index contributed by atoms with van der Waals surface area (Å²) in [6, 6.07) is 14.9. The average molecular weight is 268 g/mol. The lowest BCUT2D eigenvalue weighted by Crippen LogP contribution is -2.26. The molecule has 1 atom stereocenters. The van der Waals surface area contributed by atoms with Crippen molar-refractivity contribution in [1.29, 1.82) is 0 Å². The Bertz CT molecular complexity index is 590. The number of hydrogen-bond donors (Lipinski definition) is 0. The van der Waals surface area contributed by atoms with Gasteiger partial charge in [0.05, 0.1) is 0 Å². The second kappa shape index (κ2) is 5.68. The third kappa shape index (κ3) is 2.56. The molecule has 0 aromatic heterocycles. The van der Waals surface area contributed by atoms with E-state index in [0.717, 1.165) is 18.6 Å². The van der Waals surface area contributed by atoms with Crippen LogP contribution in [0.3, 0.4) is 0 Å². The molecular weight excluding hydrogens is 248 g/mol. The van der Waals surface area contributed by atoms with Gasteiger partial charge in [-0.05, 0) is 54.7 Å². The highest BCUT2D eigenvalue weighted by Gasteiger charge is 2.22. The smallest absolute Gasteiger partial charge is 0.200 e. The first-order chi connectivity index (χ1) is 9.78. The van der Waals surface area contributed by atoms with Crippen LogP contribution in [0.5, 0.6) is 5.75 Å². The number of benzene rings is 2. The predicted octanol–water partition coefficient (Wildman–Crippen LogP) is 4.35. The van der Waals surface area contributed by atoms with Crippen LogP contribution in [-0.2, 0) is 11.2 Å². The topological polar surface area (TPSA) is 18.5 Å². The maximum absolute atomic E-state index is 5.97. The maximum atomic E-state index is 5.97. The van der Waals surface area contributed by atoms with Crippen LogP contribution < -0.4 is 4.74 Å². The van der Waals surface area contributed by atoms with Crippen LogP contribution in [0.4, 0.5) is 0 Å². The fraction of sp³-hybridized carbons (Fsp3) is 0.333. The third-order valence-corrected chi connectivity index (χ3v) is 3.71. The van der Waals surface area contributed by atoms with Crippen molar-refractivity contribution in [1.82, 2.24) is 0 Å². The molecule has 104 valence electrons. The Balaban J connectivity index is 1.94. The molecule has 2 aromatic carbocycles. The lowest BCUT2D eigenvalue weighted by Gasteiger charge is -2.27. The van der Waals surface area contributed by atoms with E-state index in [1.807, 2.05) is 13.0 Å². The van der Waals surface area contributed by atoms with Crippen LogP contribution in [0.2, 0.25) is 0 Å². The summed E-state index contributed by atoms with van der Waals surface area (Å²) in [6.45, 7) is 4.81. The van der Waals surface area contributed by atoms with Crippen LogP contribution in [0.25, 0.3) is 11.1 Å².